The summed E-state index contributed by atoms with van der Waals surface area (Å²) in [6.45, 7) is 18.2. The zero-order chi connectivity index (χ0) is 41.5. The van der Waals surface area contributed by atoms with Gasteiger partial charge in [-0.05, 0) is 121 Å². The van der Waals surface area contributed by atoms with Gasteiger partial charge in [0.25, 0.3) is 0 Å². The first kappa shape index (κ1) is 43.7. The molecular formula is C48H63N5O3S2. The minimum atomic E-state index is -0.905. The lowest BCUT2D eigenvalue weighted by molar-refractivity contribution is -0.0366. The highest BCUT2D eigenvalue weighted by atomic mass is 32.2. The van der Waals surface area contributed by atoms with Crippen LogP contribution in [0, 0.1) is 0 Å². The molecule has 1 unspecified atom stereocenters. The Balaban J connectivity index is 0.000000200. The lowest BCUT2D eigenvalue weighted by Crippen LogP contribution is -2.27. The smallest absolute Gasteiger partial charge is 0.150 e. The molecule has 2 aliphatic rings. The summed E-state index contributed by atoms with van der Waals surface area (Å²) in [6.07, 6.45) is 11.3. The van der Waals surface area contributed by atoms with E-state index in [1.165, 1.54) is 17.5 Å². The second kappa shape index (κ2) is 19.5. The van der Waals surface area contributed by atoms with Crippen molar-refractivity contribution in [2.45, 2.75) is 134 Å². The summed E-state index contributed by atoms with van der Waals surface area (Å²) in [4.78, 5) is 14.3. The number of hydrogen-bond donors (Lipinski definition) is 0. The van der Waals surface area contributed by atoms with E-state index in [-0.39, 0.29) is 27.6 Å². The Morgan fingerprint density at radius 1 is 0.759 bits per heavy atom. The first-order valence-corrected chi connectivity index (χ1v) is 23.8. The molecule has 0 amide bonds. The van der Waals surface area contributed by atoms with E-state index in [0.717, 1.165) is 96.5 Å². The minimum absolute atomic E-state index is 0.0112. The number of rotatable bonds is 13. The van der Waals surface area contributed by atoms with Crippen molar-refractivity contribution in [3.8, 4) is 22.5 Å². The summed E-state index contributed by atoms with van der Waals surface area (Å²) in [6, 6.07) is 25.3. The summed E-state index contributed by atoms with van der Waals surface area (Å²) in [5, 5.41) is 5.73. The third-order valence-corrected chi connectivity index (χ3v) is 15.1. The third-order valence-electron chi connectivity index (χ3n) is 11.0. The van der Waals surface area contributed by atoms with Gasteiger partial charge in [-0.25, -0.2) is 4.68 Å². The number of ether oxygens (including phenoxy) is 1. The number of benzene rings is 2. The summed E-state index contributed by atoms with van der Waals surface area (Å²) >= 11 is 0. The van der Waals surface area contributed by atoms with Gasteiger partial charge < -0.3 is 4.74 Å². The molecule has 5 aromatic rings. The molecule has 2 aromatic carbocycles. The van der Waals surface area contributed by atoms with Crippen LogP contribution in [0.25, 0.3) is 33.4 Å². The maximum atomic E-state index is 12.8. The van der Waals surface area contributed by atoms with Crippen molar-refractivity contribution < 1.29 is 13.2 Å². The van der Waals surface area contributed by atoms with Gasteiger partial charge in [0.2, 0.25) is 0 Å². The van der Waals surface area contributed by atoms with Crippen LogP contribution in [-0.2, 0) is 32.9 Å². The van der Waals surface area contributed by atoms with Crippen LogP contribution in [0.4, 0.5) is 0 Å². The molecule has 0 saturated carbocycles. The van der Waals surface area contributed by atoms with Crippen molar-refractivity contribution in [3.63, 3.8) is 0 Å². The molecule has 1 fully saturated rings. The molecule has 5 heterocycles. The average Bonchev–Trinajstić information content (AvgIpc) is 3.87. The molecule has 2 aliphatic heterocycles. The van der Waals surface area contributed by atoms with Crippen molar-refractivity contribution in [1.82, 2.24) is 19.7 Å². The molecule has 3 aromatic heterocycles. The molecule has 7 rings (SSSR count). The normalized spacial score (nSPS) is 17.6. The Kier molecular flexibility index (Phi) is 14.7. The maximum absolute atomic E-state index is 12.8. The molecule has 58 heavy (non-hydrogen) atoms. The van der Waals surface area contributed by atoms with Crippen LogP contribution in [0.1, 0.15) is 141 Å². The molecule has 5 atom stereocenters. The van der Waals surface area contributed by atoms with Gasteiger partial charge in [-0.3, -0.25) is 23.4 Å². The zero-order valence-corrected chi connectivity index (χ0v) is 37.5. The van der Waals surface area contributed by atoms with E-state index in [1.807, 2.05) is 58.6 Å². The van der Waals surface area contributed by atoms with E-state index < -0.39 is 21.6 Å². The monoisotopic (exact) mass is 821 g/mol. The molecule has 10 heteroatoms. The molecule has 0 bridgehead atoms. The van der Waals surface area contributed by atoms with Crippen molar-refractivity contribution in [2.75, 3.05) is 18.1 Å². The van der Waals surface area contributed by atoms with Crippen LogP contribution in [0.2, 0.25) is 0 Å². The van der Waals surface area contributed by atoms with Gasteiger partial charge >= 0.3 is 0 Å². The van der Waals surface area contributed by atoms with Gasteiger partial charge in [-0.2, -0.15) is 5.10 Å². The van der Waals surface area contributed by atoms with E-state index >= 15 is 0 Å². The fourth-order valence-electron chi connectivity index (χ4n) is 7.49. The largest absolute Gasteiger partial charge is 0.356 e. The quantitative estimate of drug-likeness (QED) is 0.117. The number of pyridine rings is 2. The second-order valence-electron chi connectivity index (χ2n) is 17.7. The van der Waals surface area contributed by atoms with Crippen molar-refractivity contribution in [1.29, 1.82) is 0 Å². The molecule has 0 spiro atoms. The Morgan fingerprint density at radius 3 is 1.90 bits per heavy atom. The number of hydrogen-bond acceptors (Lipinski definition) is 7. The van der Waals surface area contributed by atoms with E-state index in [9.17, 15) is 8.42 Å². The fourth-order valence-corrected chi connectivity index (χ4v) is 9.89. The van der Waals surface area contributed by atoms with Gasteiger partial charge in [-0.15, -0.1) is 0 Å². The predicted molar refractivity (Wildman–Crippen MR) is 244 cm³/mol. The predicted octanol–water partition coefficient (Wildman–Crippen LogP) is 11.3. The standard InChI is InChI=1S/C26H35N3O2S.C22H28N2OS/c1-5-9-21(18-32(30)26(2,3)4)23-11-8-10-22(28-23)19-13-14-20-17-27-29(24(20)16-19)25-12-6-7-15-31-25;1-5-7-18(15-26(25)22(2,3)4)21-9-6-8-20(24-21)16-10-11-17-13-23-14-19(17)12-16/h8,10-11,13-14,16-17,21,25H,5-7,9,12,15,18H2,1-4H3;6,8-13,18H,5,7,14-15H2,1-4H3/t21-,25?,32+;18-,26+/m11/s1. The summed E-state index contributed by atoms with van der Waals surface area (Å²) in [7, 11) is -1.78. The Hall–Kier alpha value is -3.86. The topological polar surface area (TPSA) is 99.3 Å². The Labute approximate surface area is 351 Å². The van der Waals surface area contributed by atoms with Gasteiger partial charge in [-0.1, -0.05) is 63.1 Å². The lowest BCUT2D eigenvalue weighted by Gasteiger charge is -2.23. The number of fused-ring (bicyclic) bond motifs is 2. The summed E-state index contributed by atoms with van der Waals surface area (Å²) < 4.78 is 33.1. The molecule has 0 aliphatic carbocycles. The van der Waals surface area contributed by atoms with E-state index in [2.05, 4.69) is 96.7 Å². The Bertz CT molecular complexity index is 2230. The lowest BCUT2D eigenvalue weighted by atomic mass is 9.99. The second-order valence-corrected chi connectivity index (χ2v) is 22.2. The van der Waals surface area contributed by atoms with E-state index in [0.29, 0.717) is 11.5 Å². The van der Waals surface area contributed by atoms with Crippen molar-refractivity contribution >= 4 is 38.7 Å². The fraction of sp³-hybridized carbons (Fsp3) is 0.500. The van der Waals surface area contributed by atoms with Crippen LogP contribution < -0.4 is 0 Å². The average molecular weight is 822 g/mol. The maximum Gasteiger partial charge on any atom is 0.150 e. The van der Waals surface area contributed by atoms with E-state index in [4.69, 9.17) is 14.7 Å². The molecule has 1 saturated heterocycles. The highest BCUT2D eigenvalue weighted by molar-refractivity contribution is 7.86. The van der Waals surface area contributed by atoms with Crippen LogP contribution in [-0.4, -0.2) is 62.0 Å². The van der Waals surface area contributed by atoms with E-state index in [1.54, 1.807) is 0 Å². The number of nitrogens with zero attached hydrogens (tertiary/aromatic N) is 5. The molecular weight excluding hydrogens is 759 g/mol. The number of aliphatic imine (C=N–C) groups is 1. The summed E-state index contributed by atoms with van der Waals surface area (Å²) in [5.41, 5.74) is 9.77. The van der Waals surface area contributed by atoms with Crippen molar-refractivity contribution in [2.24, 2.45) is 4.99 Å². The molecule has 0 radical (unpaired) electrons. The van der Waals surface area contributed by atoms with Gasteiger partial charge in [0.05, 0.1) is 29.6 Å². The first-order valence-electron chi connectivity index (χ1n) is 21.2. The highest BCUT2D eigenvalue weighted by Crippen LogP contribution is 2.32. The number of aromatic nitrogens is 4. The van der Waals surface area contributed by atoms with Crippen molar-refractivity contribution in [3.05, 3.63) is 102 Å². The summed E-state index contributed by atoms with van der Waals surface area (Å²) in [5.74, 6) is 1.76. The minimum Gasteiger partial charge on any atom is -0.356 e. The SMILES string of the molecule is CCC[C@H](C[S@](=O)C(C)(C)C)c1cccc(-c2ccc3c(c2)CN=C3)n1.CCC[C@H](C[S@](=O)C(C)(C)C)c1cccc(-c2ccc3cnn(C4CCCCO4)c3c2)n1. The van der Waals surface area contributed by atoms with Crippen LogP contribution in [0.3, 0.4) is 0 Å². The molecule has 0 N–H and O–H groups in total. The van der Waals surface area contributed by atoms with Gasteiger partial charge in [0.15, 0.2) is 6.23 Å². The Morgan fingerprint density at radius 2 is 1.34 bits per heavy atom. The highest BCUT2D eigenvalue weighted by Gasteiger charge is 2.26. The third kappa shape index (κ3) is 11.0. The van der Waals surface area contributed by atoms with Crippen LogP contribution in [0.15, 0.2) is 84.0 Å². The molecule has 8 nitrogen and oxygen atoms in total. The first-order chi connectivity index (χ1) is 27.7. The zero-order valence-electron chi connectivity index (χ0n) is 35.9. The molecule has 310 valence electrons. The van der Waals surface area contributed by atoms with Gasteiger partial charge in [0.1, 0.15) is 0 Å². The van der Waals surface area contributed by atoms with Crippen LogP contribution in [0.5, 0.6) is 0 Å². The van der Waals surface area contributed by atoms with Crippen LogP contribution >= 0.6 is 0 Å². The van der Waals surface area contributed by atoms with Gasteiger partial charge in [0, 0.05) is 95.2 Å².